The Morgan fingerprint density at radius 3 is 2.12 bits per heavy atom. The lowest BCUT2D eigenvalue weighted by atomic mass is 10.1. The Morgan fingerprint density at radius 2 is 1.26 bits per heavy atom. The summed E-state index contributed by atoms with van der Waals surface area (Å²) < 4.78 is 10.2. The largest absolute Gasteiger partial charge is 0.456 e. The Kier molecular flexibility index (Phi) is 5.24. The van der Waals surface area contributed by atoms with Crippen molar-refractivity contribution in [1.29, 1.82) is 0 Å². The van der Waals surface area contributed by atoms with Crippen LogP contribution in [-0.4, -0.2) is 4.98 Å². The number of rotatable bonds is 4. The van der Waals surface area contributed by atoms with Crippen molar-refractivity contribution in [2.45, 2.75) is 0 Å². The minimum absolute atomic E-state index is 0.867. The molecule has 0 aliphatic heterocycles. The third-order valence-electron chi connectivity index (χ3n) is 7.88. The lowest BCUT2D eigenvalue weighted by molar-refractivity contribution is 0.669. The number of hydrogen-bond acceptors (Lipinski definition) is 5. The van der Waals surface area contributed by atoms with Gasteiger partial charge in [0, 0.05) is 53.9 Å². The molecule has 9 aromatic rings. The summed E-state index contributed by atoms with van der Waals surface area (Å²) in [6.45, 7) is 0. The van der Waals surface area contributed by atoms with E-state index in [0.29, 0.717) is 0 Å². The molecule has 9 rings (SSSR count). The molecule has 0 aliphatic carbocycles. The van der Waals surface area contributed by atoms with Gasteiger partial charge in [-0.15, -0.1) is 22.7 Å². The van der Waals surface area contributed by atoms with Gasteiger partial charge in [0.25, 0.3) is 0 Å². The molecule has 3 aromatic heterocycles. The van der Waals surface area contributed by atoms with Crippen LogP contribution in [0.3, 0.4) is 0 Å². The minimum Gasteiger partial charge on any atom is -0.456 e. The Hall–Kier alpha value is -4.97. The molecule has 0 atom stereocenters. The van der Waals surface area contributed by atoms with Crippen molar-refractivity contribution >= 4 is 92.1 Å². The molecule has 5 heteroatoms. The Bertz CT molecular complexity index is 2420. The standard InChI is InChI=1S/C37H22N2OS2/c1-3-11-23(12-4-1)37-38-35-29(22-31-34(36(35)42-37)28-16-7-9-17-30(28)40-31)39(24-13-5-2-6-14-24)25-19-20-27-26-15-8-10-18-32(26)41-33(27)21-25/h1-22H. The minimum atomic E-state index is 0.867. The van der Waals surface area contributed by atoms with Crippen LogP contribution in [0.15, 0.2) is 138 Å². The fourth-order valence-corrected chi connectivity index (χ4v) is 8.27. The number of furan rings is 1. The van der Waals surface area contributed by atoms with Crippen LogP contribution in [0.4, 0.5) is 17.1 Å². The molecule has 0 saturated carbocycles. The highest BCUT2D eigenvalue weighted by atomic mass is 32.1. The maximum Gasteiger partial charge on any atom is 0.139 e. The van der Waals surface area contributed by atoms with Gasteiger partial charge in [-0.3, -0.25) is 0 Å². The van der Waals surface area contributed by atoms with Crippen LogP contribution in [0.5, 0.6) is 0 Å². The maximum atomic E-state index is 6.50. The molecule has 0 N–H and O–H groups in total. The van der Waals surface area contributed by atoms with E-state index in [0.717, 1.165) is 59.8 Å². The monoisotopic (exact) mass is 574 g/mol. The number of fused-ring (bicyclic) bond motifs is 8. The lowest BCUT2D eigenvalue weighted by Crippen LogP contribution is -2.10. The fraction of sp³-hybridized carbons (Fsp3) is 0. The number of thiophene rings is 1. The number of aromatic nitrogens is 1. The molecule has 0 radical (unpaired) electrons. The number of para-hydroxylation sites is 2. The van der Waals surface area contributed by atoms with Gasteiger partial charge in [-0.25, -0.2) is 4.98 Å². The first-order valence-electron chi connectivity index (χ1n) is 13.9. The van der Waals surface area contributed by atoms with E-state index in [9.17, 15) is 0 Å². The Morgan fingerprint density at radius 1 is 0.548 bits per heavy atom. The van der Waals surface area contributed by atoms with E-state index >= 15 is 0 Å². The molecule has 0 unspecified atom stereocenters. The second-order valence-corrected chi connectivity index (χ2v) is 12.5. The quantitative estimate of drug-likeness (QED) is 0.209. The summed E-state index contributed by atoms with van der Waals surface area (Å²) in [5.74, 6) is 0. The molecule has 0 fully saturated rings. The normalized spacial score (nSPS) is 11.8. The van der Waals surface area contributed by atoms with Gasteiger partial charge in [0.2, 0.25) is 0 Å². The molecule has 42 heavy (non-hydrogen) atoms. The third kappa shape index (κ3) is 3.61. The topological polar surface area (TPSA) is 29.3 Å². The summed E-state index contributed by atoms with van der Waals surface area (Å²) >= 11 is 3.57. The zero-order valence-corrected chi connectivity index (χ0v) is 24.0. The van der Waals surface area contributed by atoms with Gasteiger partial charge in [0.15, 0.2) is 0 Å². The van der Waals surface area contributed by atoms with Crippen LogP contribution in [0.25, 0.3) is 62.9 Å². The van der Waals surface area contributed by atoms with Gasteiger partial charge in [-0.1, -0.05) is 91.0 Å². The van der Waals surface area contributed by atoms with E-state index in [-0.39, 0.29) is 0 Å². The predicted octanol–water partition coefficient (Wildman–Crippen LogP) is 11.7. The number of nitrogens with zero attached hydrogens (tertiary/aromatic N) is 2. The van der Waals surface area contributed by atoms with Gasteiger partial charge in [0.05, 0.1) is 10.4 Å². The molecule has 6 aromatic carbocycles. The molecular weight excluding hydrogens is 553 g/mol. The molecule has 0 spiro atoms. The summed E-state index contributed by atoms with van der Waals surface area (Å²) in [4.78, 5) is 7.65. The predicted molar refractivity (Wildman–Crippen MR) is 180 cm³/mol. The second-order valence-electron chi connectivity index (χ2n) is 10.4. The fourth-order valence-electron chi connectivity index (χ4n) is 5.99. The smallest absolute Gasteiger partial charge is 0.139 e. The zero-order valence-electron chi connectivity index (χ0n) is 22.3. The summed E-state index contributed by atoms with van der Waals surface area (Å²) in [7, 11) is 0. The summed E-state index contributed by atoms with van der Waals surface area (Å²) in [5, 5.41) is 5.82. The Labute approximate surface area is 249 Å². The number of thiazole rings is 1. The maximum absolute atomic E-state index is 6.50. The van der Waals surface area contributed by atoms with E-state index in [2.05, 4.69) is 120 Å². The highest BCUT2D eigenvalue weighted by Gasteiger charge is 2.24. The third-order valence-corrected chi connectivity index (χ3v) is 10.1. The highest BCUT2D eigenvalue weighted by Crippen LogP contribution is 2.48. The van der Waals surface area contributed by atoms with Gasteiger partial charge >= 0.3 is 0 Å². The molecule has 3 nitrogen and oxygen atoms in total. The van der Waals surface area contributed by atoms with Crippen molar-refractivity contribution in [2.24, 2.45) is 0 Å². The Balaban J connectivity index is 1.37. The summed E-state index contributed by atoms with van der Waals surface area (Å²) in [6, 6.07) is 46.9. The van der Waals surface area contributed by atoms with Crippen LogP contribution in [0.2, 0.25) is 0 Å². The molecule has 0 amide bonds. The van der Waals surface area contributed by atoms with E-state index in [1.807, 2.05) is 29.5 Å². The van der Waals surface area contributed by atoms with Gasteiger partial charge in [-0.2, -0.15) is 0 Å². The van der Waals surface area contributed by atoms with Crippen LogP contribution in [0.1, 0.15) is 0 Å². The number of benzene rings is 6. The molecule has 3 heterocycles. The van der Waals surface area contributed by atoms with Crippen molar-refractivity contribution < 1.29 is 4.42 Å². The first-order chi connectivity index (χ1) is 20.8. The molecule has 198 valence electrons. The summed E-state index contributed by atoms with van der Waals surface area (Å²) in [6.07, 6.45) is 0. The first-order valence-corrected chi connectivity index (χ1v) is 15.5. The van der Waals surface area contributed by atoms with Crippen LogP contribution < -0.4 is 4.90 Å². The summed E-state index contributed by atoms with van der Waals surface area (Å²) in [5.41, 5.74) is 7.00. The number of anilines is 3. The average Bonchev–Trinajstić information content (AvgIpc) is 3.75. The molecule has 0 bridgehead atoms. The first kappa shape index (κ1) is 23.7. The van der Waals surface area contributed by atoms with Crippen LogP contribution in [0, 0.1) is 0 Å². The van der Waals surface area contributed by atoms with E-state index in [1.165, 1.54) is 20.2 Å². The van der Waals surface area contributed by atoms with Crippen molar-refractivity contribution in [3.63, 3.8) is 0 Å². The van der Waals surface area contributed by atoms with Crippen molar-refractivity contribution in [3.8, 4) is 10.6 Å². The van der Waals surface area contributed by atoms with Gasteiger partial charge in [0.1, 0.15) is 21.7 Å². The number of hydrogen-bond donors (Lipinski definition) is 0. The molecular formula is C37H22N2OS2. The van der Waals surface area contributed by atoms with Crippen molar-refractivity contribution in [3.05, 3.63) is 133 Å². The van der Waals surface area contributed by atoms with E-state index in [4.69, 9.17) is 9.40 Å². The second kappa shape index (κ2) is 9.28. The van der Waals surface area contributed by atoms with Crippen molar-refractivity contribution in [1.82, 2.24) is 4.98 Å². The van der Waals surface area contributed by atoms with Crippen molar-refractivity contribution in [2.75, 3.05) is 4.90 Å². The lowest BCUT2D eigenvalue weighted by Gasteiger charge is -2.26. The SMILES string of the molecule is c1ccc(-c2nc3c(N(c4ccccc4)c4ccc5c(c4)sc4ccccc45)cc4oc5ccccc5c4c3s2)cc1. The highest BCUT2D eigenvalue weighted by molar-refractivity contribution is 7.25. The average molecular weight is 575 g/mol. The van der Waals surface area contributed by atoms with E-state index < -0.39 is 0 Å². The van der Waals surface area contributed by atoms with Crippen LogP contribution >= 0.6 is 22.7 Å². The molecule has 0 aliphatic rings. The zero-order chi connectivity index (χ0) is 27.6. The van der Waals surface area contributed by atoms with Gasteiger partial charge in [-0.05, 0) is 36.4 Å². The van der Waals surface area contributed by atoms with E-state index in [1.54, 1.807) is 11.3 Å². The molecule has 0 saturated heterocycles. The van der Waals surface area contributed by atoms with Crippen LogP contribution in [-0.2, 0) is 0 Å². The van der Waals surface area contributed by atoms with Gasteiger partial charge < -0.3 is 9.32 Å².